The second kappa shape index (κ2) is 14.1. The normalized spacial score (nSPS) is 11.3. The molecule has 0 fully saturated rings. The number of rotatable bonds is 14. The number of carbonyl (C=O) groups excluding carboxylic acids is 2. The highest BCUT2D eigenvalue weighted by molar-refractivity contribution is 8.07. The van der Waals surface area contributed by atoms with E-state index in [9.17, 15) is 18.0 Å². The minimum absolute atomic E-state index is 0.0564. The highest BCUT2D eigenvalue weighted by Crippen LogP contribution is 2.38. The monoisotopic (exact) mass is 595 g/mol. The third-order valence-corrected chi connectivity index (χ3v) is 8.47. The van der Waals surface area contributed by atoms with E-state index < -0.39 is 15.3 Å². The van der Waals surface area contributed by atoms with Gasteiger partial charge in [-0.25, -0.2) is 9.78 Å². The van der Waals surface area contributed by atoms with Gasteiger partial charge in [0.15, 0.2) is 6.29 Å². The first kappa shape index (κ1) is 30.0. The molecule has 216 valence electrons. The molecule has 0 spiro atoms. The summed E-state index contributed by atoms with van der Waals surface area (Å²) in [7, 11) is -4.36. The minimum atomic E-state index is -4.36. The molecule has 0 unspecified atom stereocenters. The molecule has 0 aliphatic carbocycles. The number of sulfonamides is 1. The molecule has 0 saturated carbocycles. The van der Waals surface area contributed by atoms with Crippen LogP contribution in [0.3, 0.4) is 0 Å². The fourth-order valence-corrected chi connectivity index (χ4v) is 6.38. The van der Waals surface area contributed by atoms with Crippen molar-refractivity contribution in [1.29, 1.82) is 0 Å². The van der Waals surface area contributed by atoms with Crippen LogP contribution in [0.15, 0.2) is 66.9 Å². The van der Waals surface area contributed by atoms with E-state index in [1.807, 2.05) is 72.2 Å². The molecule has 41 heavy (non-hydrogen) atoms. The van der Waals surface area contributed by atoms with Crippen LogP contribution in [0.4, 0.5) is 9.80 Å². The predicted molar refractivity (Wildman–Crippen MR) is 161 cm³/mol. The zero-order valence-electron chi connectivity index (χ0n) is 23.0. The number of aromatic nitrogens is 2. The van der Waals surface area contributed by atoms with Gasteiger partial charge in [-0.05, 0) is 30.0 Å². The lowest BCUT2D eigenvalue weighted by Gasteiger charge is -2.13. The summed E-state index contributed by atoms with van der Waals surface area (Å²) in [5.74, 6) is 1.18. The number of thiophene rings is 1. The van der Waals surface area contributed by atoms with E-state index in [4.69, 9.17) is 9.47 Å². The van der Waals surface area contributed by atoms with Crippen LogP contribution in [0.25, 0.3) is 22.5 Å². The molecule has 0 bridgehead atoms. The topological polar surface area (TPSA) is 117 Å². The Morgan fingerprint density at radius 2 is 1.80 bits per heavy atom. The first-order chi connectivity index (χ1) is 19.9. The molecule has 9 nitrogen and oxygen atoms in total. The highest BCUT2D eigenvalue weighted by atomic mass is 32.2. The summed E-state index contributed by atoms with van der Waals surface area (Å²) in [5.41, 5.74) is 3.36. The van der Waals surface area contributed by atoms with Gasteiger partial charge in [0.25, 0.3) is 0 Å². The number of imidazole rings is 1. The maximum absolute atomic E-state index is 12.7. The lowest BCUT2D eigenvalue weighted by atomic mass is 10.0. The van der Waals surface area contributed by atoms with E-state index in [0.717, 1.165) is 40.8 Å². The van der Waals surface area contributed by atoms with Gasteiger partial charge in [0, 0.05) is 16.0 Å². The van der Waals surface area contributed by atoms with Gasteiger partial charge in [-0.3, -0.25) is 14.1 Å². The van der Waals surface area contributed by atoms with E-state index in [-0.39, 0.29) is 13.2 Å². The number of anilines is 1. The quantitative estimate of drug-likeness (QED) is 0.1000. The molecule has 1 N–H and O–H groups in total. The summed E-state index contributed by atoms with van der Waals surface area (Å²) in [6, 6.07) is 19.4. The molecule has 0 saturated heterocycles. The molecule has 0 aliphatic rings. The molecule has 11 heteroatoms. The second-order valence-corrected chi connectivity index (χ2v) is 12.0. The number of hydrogen-bond acceptors (Lipinski definition) is 8. The summed E-state index contributed by atoms with van der Waals surface area (Å²) in [4.78, 5) is 28.7. The number of ether oxygens (including phenoxy) is 2. The lowest BCUT2D eigenvalue weighted by Crippen LogP contribution is -2.24. The summed E-state index contributed by atoms with van der Waals surface area (Å²) < 4.78 is 40.3. The van der Waals surface area contributed by atoms with Crippen LogP contribution in [0.2, 0.25) is 0 Å². The average molecular weight is 596 g/mol. The molecule has 0 radical (unpaired) electrons. The van der Waals surface area contributed by atoms with E-state index in [1.54, 1.807) is 6.20 Å². The minimum Gasteiger partial charge on any atom is -0.470 e. The summed E-state index contributed by atoms with van der Waals surface area (Å²) >= 11 is 1.31. The lowest BCUT2D eigenvalue weighted by molar-refractivity contribution is -0.109. The van der Waals surface area contributed by atoms with Crippen LogP contribution in [-0.4, -0.2) is 42.8 Å². The summed E-state index contributed by atoms with van der Waals surface area (Å²) in [5, 5.41) is -0.904. The van der Waals surface area contributed by atoms with Crippen molar-refractivity contribution in [2.24, 2.45) is 0 Å². The van der Waals surface area contributed by atoms with Gasteiger partial charge in [0.2, 0.25) is 5.88 Å². The van der Waals surface area contributed by atoms with Gasteiger partial charge >= 0.3 is 15.3 Å². The third-order valence-electron chi connectivity index (χ3n) is 6.20. The van der Waals surface area contributed by atoms with Gasteiger partial charge in [0.05, 0.1) is 19.3 Å². The van der Waals surface area contributed by atoms with Crippen molar-refractivity contribution in [2.45, 2.75) is 46.1 Å². The molecule has 4 rings (SSSR count). The molecule has 4 aromatic rings. The van der Waals surface area contributed by atoms with Gasteiger partial charge < -0.3 is 9.47 Å². The van der Waals surface area contributed by atoms with Gasteiger partial charge in [-0.15, -0.1) is 11.3 Å². The number of benzene rings is 2. The molecule has 2 aromatic carbocycles. The smallest absolute Gasteiger partial charge is 0.445 e. The Hall–Kier alpha value is -3.96. The van der Waals surface area contributed by atoms with E-state index in [1.165, 1.54) is 11.3 Å². The standard InChI is InChI=1S/C30H33N3O6S2/c1-3-5-17-39-30(35)41(36,37)32-29-26(19-25(40-29)9-4-2)23-14-12-22(13-15-23)21-33-27(38-18-16-34)20-31-28(33)24-10-7-6-8-11-24/h6-8,10-16,19-20,32H,3-5,9,17-18,21H2,1-2H3. The summed E-state index contributed by atoms with van der Waals surface area (Å²) in [6.45, 7) is 4.39. The number of carbonyl (C=O) groups is 2. The molecular formula is C30H33N3O6S2. The molecule has 2 aromatic heterocycles. The van der Waals surface area contributed by atoms with Crippen molar-refractivity contribution in [2.75, 3.05) is 17.9 Å². The Kier molecular flexibility index (Phi) is 10.3. The fraction of sp³-hybridized carbons (Fsp3) is 0.300. The zero-order valence-corrected chi connectivity index (χ0v) is 24.7. The first-order valence-corrected chi connectivity index (χ1v) is 15.7. The first-order valence-electron chi connectivity index (χ1n) is 13.4. The van der Waals surface area contributed by atoms with E-state index >= 15 is 0 Å². The molecular weight excluding hydrogens is 562 g/mol. The van der Waals surface area contributed by atoms with Crippen LogP contribution in [0, 0.1) is 0 Å². The van der Waals surface area contributed by atoms with E-state index in [0.29, 0.717) is 41.5 Å². The van der Waals surface area contributed by atoms with Crippen molar-refractivity contribution in [3.8, 4) is 28.4 Å². The van der Waals surface area contributed by atoms with Gasteiger partial charge in [0.1, 0.15) is 17.4 Å². The molecule has 0 atom stereocenters. The molecule has 0 amide bonds. The van der Waals surface area contributed by atoms with Crippen LogP contribution in [0.1, 0.15) is 43.6 Å². The Morgan fingerprint density at radius 1 is 1.05 bits per heavy atom. The second-order valence-electron chi connectivity index (χ2n) is 9.31. The van der Waals surface area contributed by atoms with Crippen molar-refractivity contribution in [1.82, 2.24) is 9.55 Å². The number of unbranched alkanes of at least 4 members (excludes halogenated alkanes) is 1. The Bertz CT molecular complexity index is 1560. The number of aryl methyl sites for hydroxylation is 1. The highest BCUT2D eigenvalue weighted by Gasteiger charge is 2.26. The zero-order chi connectivity index (χ0) is 29.2. The van der Waals surface area contributed by atoms with Gasteiger partial charge in [-0.2, -0.15) is 8.42 Å². The van der Waals surface area contributed by atoms with Crippen molar-refractivity contribution in [3.05, 3.63) is 77.3 Å². The number of nitrogens with zero attached hydrogens (tertiary/aromatic N) is 2. The van der Waals surface area contributed by atoms with Crippen LogP contribution in [0.5, 0.6) is 5.88 Å². The molecule has 0 aliphatic heterocycles. The Morgan fingerprint density at radius 3 is 2.49 bits per heavy atom. The SMILES string of the molecule is CCCCOC(=O)S(=O)(=O)Nc1sc(CCC)cc1-c1ccc(Cn2c(OCC=O)cnc2-c2ccccc2)cc1. The maximum atomic E-state index is 12.7. The predicted octanol–water partition coefficient (Wildman–Crippen LogP) is 6.54. The maximum Gasteiger partial charge on any atom is 0.445 e. The number of hydrogen-bond donors (Lipinski definition) is 1. The van der Waals surface area contributed by atoms with Crippen molar-refractivity contribution in [3.63, 3.8) is 0 Å². The average Bonchev–Trinajstić information content (AvgIpc) is 3.56. The molecule has 2 heterocycles. The van der Waals surface area contributed by atoms with Crippen LogP contribution < -0.4 is 9.46 Å². The van der Waals surface area contributed by atoms with Crippen molar-refractivity contribution < 1.29 is 27.5 Å². The summed E-state index contributed by atoms with van der Waals surface area (Å²) in [6.07, 6.45) is 5.35. The van der Waals surface area contributed by atoms with Crippen LogP contribution in [-0.2, 0) is 32.5 Å². The number of nitrogens with one attached hydrogen (secondary N) is 1. The Labute approximate surface area is 244 Å². The van der Waals surface area contributed by atoms with E-state index in [2.05, 4.69) is 16.6 Å². The third kappa shape index (κ3) is 7.62. The fourth-order valence-electron chi connectivity index (χ4n) is 4.18. The largest absolute Gasteiger partial charge is 0.470 e. The number of aldehydes is 1. The van der Waals surface area contributed by atoms with Crippen molar-refractivity contribution >= 4 is 37.9 Å². The Balaban J connectivity index is 1.60. The van der Waals surface area contributed by atoms with Crippen LogP contribution >= 0.6 is 11.3 Å². The van der Waals surface area contributed by atoms with Gasteiger partial charge in [-0.1, -0.05) is 81.3 Å².